The molecule has 3 fully saturated rings. The number of fused-ring (bicyclic) bond motifs is 5. The fraction of sp³-hybridized carbons (Fsp3) is 0.871. The molecule has 0 aliphatic heterocycles. The van der Waals surface area contributed by atoms with Gasteiger partial charge in [0.15, 0.2) is 0 Å². The van der Waals surface area contributed by atoms with E-state index in [9.17, 15) is 19.8 Å². The van der Waals surface area contributed by atoms with Crippen molar-refractivity contribution in [2.75, 3.05) is 0 Å². The van der Waals surface area contributed by atoms with Crippen molar-refractivity contribution in [1.29, 1.82) is 0 Å². The molecule has 0 radical (unpaired) electrons. The molecule has 4 rings (SSSR count). The van der Waals surface area contributed by atoms with Gasteiger partial charge in [0.2, 0.25) is 0 Å². The number of hydrogen-bond donors (Lipinski definition) is 2. The molecule has 2 N–H and O–H groups in total. The second kappa shape index (κ2) is 10.6. The van der Waals surface area contributed by atoms with E-state index in [1.54, 1.807) is 0 Å². The third-order valence-electron chi connectivity index (χ3n) is 11.1. The van der Waals surface area contributed by atoms with Crippen molar-refractivity contribution in [2.45, 2.75) is 124 Å². The SMILES string of the molecule is CC(=O)O[C@@H]1[C@@H]2[C@@H](OC(C)=O)C=C3C4CC[C@H]([C@H](C)[C@H](O)CCC(C)C)[C@@]4(C)CCC3[C@@]2(C)CC[C@@H]1O. The standard InChI is InChI=1S/C31H50O6/c1-17(2)8-11-25(34)18(3)22-9-10-23-21-16-27(36-19(4)32)28-29(37-20(5)33)26(35)13-15-31(28,7)24(21)12-14-30(22,23)6/h16-18,22-29,34-35H,8-15H2,1-7H3/t18-,22+,23?,24?,25+,26-,27-,28-,29-,30+,31+/m0/s1. The Bertz CT molecular complexity index is 896. The van der Waals surface area contributed by atoms with Crippen LogP contribution in [0.4, 0.5) is 0 Å². The molecule has 0 amide bonds. The van der Waals surface area contributed by atoms with Crippen LogP contribution in [0.15, 0.2) is 11.6 Å². The topological polar surface area (TPSA) is 93.1 Å². The van der Waals surface area contributed by atoms with Crippen molar-refractivity contribution in [2.24, 2.45) is 46.3 Å². The summed E-state index contributed by atoms with van der Waals surface area (Å²) in [6, 6.07) is 0. The summed E-state index contributed by atoms with van der Waals surface area (Å²) in [5.74, 6) is 0.975. The van der Waals surface area contributed by atoms with Crippen LogP contribution in [-0.2, 0) is 19.1 Å². The zero-order chi connectivity index (χ0) is 27.3. The lowest BCUT2D eigenvalue weighted by Gasteiger charge is -2.60. The summed E-state index contributed by atoms with van der Waals surface area (Å²) in [7, 11) is 0. The molecule has 0 aromatic rings. The van der Waals surface area contributed by atoms with Gasteiger partial charge in [-0.3, -0.25) is 9.59 Å². The molecule has 6 heteroatoms. The van der Waals surface area contributed by atoms with E-state index >= 15 is 0 Å². The molecule has 4 aliphatic carbocycles. The highest BCUT2D eigenvalue weighted by Crippen LogP contribution is 2.67. The number of rotatable bonds is 7. The van der Waals surface area contributed by atoms with Gasteiger partial charge in [0.05, 0.1) is 12.2 Å². The van der Waals surface area contributed by atoms with E-state index in [1.165, 1.54) is 19.4 Å². The second-order valence-electron chi connectivity index (χ2n) is 13.7. The predicted molar refractivity (Wildman–Crippen MR) is 142 cm³/mol. The highest BCUT2D eigenvalue weighted by atomic mass is 16.6. The maximum Gasteiger partial charge on any atom is 0.303 e. The Morgan fingerprint density at radius 1 is 0.946 bits per heavy atom. The highest BCUT2D eigenvalue weighted by molar-refractivity contribution is 5.67. The molecule has 0 heterocycles. The molecule has 6 nitrogen and oxygen atoms in total. The van der Waals surface area contributed by atoms with Crippen LogP contribution in [0.5, 0.6) is 0 Å². The summed E-state index contributed by atoms with van der Waals surface area (Å²) >= 11 is 0. The van der Waals surface area contributed by atoms with Crippen molar-refractivity contribution >= 4 is 11.9 Å². The molecule has 0 saturated heterocycles. The van der Waals surface area contributed by atoms with Gasteiger partial charge in [-0.1, -0.05) is 40.2 Å². The summed E-state index contributed by atoms with van der Waals surface area (Å²) in [5.41, 5.74) is 1.28. The van der Waals surface area contributed by atoms with Gasteiger partial charge in [-0.25, -0.2) is 0 Å². The molecule has 4 aliphatic rings. The Labute approximate surface area is 223 Å². The lowest BCUT2D eigenvalue weighted by molar-refractivity contribution is -0.195. The van der Waals surface area contributed by atoms with E-state index in [1.807, 2.05) is 0 Å². The van der Waals surface area contributed by atoms with Crippen LogP contribution in [-0.4, -0.2) is 46.6 Å². The van der Waals surface area contributed by atoms with Gasteiger partial charge < -0.3 is 19.7 Å². The fourth-order valence-electron chi connectivity index (χ4n) is 9.19. The first-order valence-corrected chi connectivity index (χ1v) is 14.7. The molecule has 0 aromatic carbocycles. The van der Waals surface area contributed by atoms with Crippen LogP contribution >= 0.6 is 0 Å². The fourth-order valence-corrected chi connectivity index (χ4v) is 9.19. The summed E-state index contributed by atoms with van der Waals surface area (Å²) in [4.78, 5) is 24.2. The van der Waals surface area contributed by atoms with Gasteiger partial charge in [0.1, 0.15) is 12.2 Å². The monoisotopic (exact) mass is 518 g/mol. The van der Waals surface area contributed by atoms with Gasteiger partial charge in [0.25, 0.3) is 0 Å². The van der Waals surface area contributed by atoms with Gasteiger partial charge in [-0.05, 0) is 97.9 Å². The first-order chi connectivity index (χ1) is 17.3. The number of aliphatic hydroxyl groups is 2. The summed E-state index contributed by atoms with van der Waals surface area (Å²) < 4.78 is 11.6. The van der Waals surface area contributed by atoms with Crippen molar-refractivity contribution < 1.29 is 29.3 Å². The predicted octanol–water partition coefficient (Wildman–Crippen LogP) is 5.44. The lowest BCUT2D eigenvalue weighted by Crippen LogP contribution is -2.61. The molecule has 0 spiro atoms. The number of esters is 2. The van der Waals surface area contributed by atoms with Crippen LogP contribution < -0.4 is 0 Å². The van der Waals surface area contributed by atoms with Crippen molar-refractivity contribution in [3.63, 3.8) is 0 Å². The summed E-state index contributed by atoms with van der Waals surface area (Å²) in [5, 5.41) is 22.0. The number of hydrogen-bond acceptors (Lipinski definition) is 6. The number of allylic oxidation sites excluding steroid dienone is 1. The molecule has 210 valence electrons. The number of carbonyl (C=O) groups excluding carboxylic acids is 2. The molecule has 37 heavy (non-hydrogen) atoms. The summed E-state index contributed by atoms with van der Waals surface area (Å²) in [6.07, 6.45) is 7.57. The van der Waals surface area contributed by atoms with Crippen LogP contribution in [0.2, 0.25) is 0 Å². The number of aliphatic hydroxyl groups excluding tert-OH is 2. The minimum Gasteiger partial charge on any atom is -0.459 e. The van der Waals surface area contributed by atoms with Crippen molar-refractivity contribution in [1.82, 2.24) is 0 Å². The zero-order valence-electron chi connectivity index (χ0n) is 24.0. The zero-order valence-corrected chi connectivity index (χ0v) is 24.0. The van der Waals surface area contributed by atoms with E-state index in [4.69, 9.17) is 9.47 Å². The highest BCUT2D eigenvalue weighted by Gasteiger charge is 2.63. The van der Waals surface area contributed by atoms with Crippen LogP contribution in [0.3, 0.4) is 0 Å². The van der Waals surface area contributed by atoms with E-state index in [2.05, 4.69) is 40.7 Å². The Morgan fingerprint density at radius 2 is 1.57 bits per heavy atom. The Balaban J connectivity index is 1.68. The third kappa shape index (κ3) is 5.14. The number of ether oxygens (including phenoxy) is 2. The van der Waals surface area contributed by atoms with Gasteiger partial charge in [0, 0.05) is 19.8 Å². The Hall–Kier alpha value is -1.40. The average molecular weight is 519 g/mol. The van der Waals surface area contributed by atoms with Crippen molar-refractivity contribution in [3.05, 3.63) is 11.6 Å². The van der Waals surface area contributed by atoms with Crippen molar-refractivity contribution in [3.8, 4) is 0 Å². The molecule has 0 bridgehead atoms. The maximum absolute atomic E-state index is 12.2. The normalized spacial score (nSPS) is 42.6. The second-order valence-corrected chi connectivity index (χ2v) is 13.7. The smallest absolute Gasteiger partial charge is 0.303 e. The van der Waals surface area contributed by atoms with E-state index in [-0.39, 0.29) is 34.7 Å². The minimum atomic E-state index is -0.757. The summed E-state index contributed by atoms with van der Waals surface area (Å²) in [6.45, 7) is 14.2. The number of carbonyl (C=O) groups is 2. The average Bonchev–Trinajstić information content (AvgIpc) is 3.16. The molecular formula is C31H50O6. The van der Waals surface area contributed by atoms with Crippen LogP contribution in [0.1, 0.15) is 99.8 Å². The third-order valence-corrected chi connectivity index (χ3v) is 11.1. The van der Waals surface area contributed by atoms with Crippen LogP contribution in [0.25, 0.3) is 0 Å². The molecule has 11 atom stereocenters. The molecular weight excluding hydrogens is 468 g/mol. The van der Waals surface area contributed by atoms with E-state index in [0.717, 1.165) is 44.9 Å². The first kappa shape index (κ1) is 28.6. The molecule has 3 saturated carbocycles. The van der Waals surface area contributed by atoms with Gasteiger partial charge in [-0.2, -0.15) is 0 Å². The van der Waals surface area contributed by atoms with Gasteiger partial charge in [-0.15, -0.1) is 0 Å². The lowest BCUT2D eigenvalue weighted by atomic mass is 9.46. The van der Waals surface area contributed by atoms with Gasteiger partial charge >= 0.3 is 11.9 Å². The molecule has 2 unspecified atom stereocenters. The van der Waals surface area contributed by atoms with E-state index in [0.29, 0.717) is 30.1 Å². The minimum absolute atomic E-state index is 0.105. The van der Waals surface area contributed by atoms with Crippen LogP contribution in [0, 0.1) is 46.3 Å². The quantitative estimate of drug-likeness (QED) is 0.344. The Morgan fingerprint density at radius 3 is 2.19 bits per heavy atom. The molecule has 0 aromatic heterocycles. The maximum atomic E-state index is 12.2. The Kier molecular flexibility index (Phi) is 8.22. The largest absolute Gasteiger partial charge is 0.459 e. The first-order valence-electron chi connectivity index (χ1n) is 14.7. The van der Waals surface area contributed by atoms with E-state index < -0.39 is 24.3 Å².